The van der Waals surface area contributed by atoms with E-state index in [0.29, 0.717) is 18.1 Å². The first-order valence-electron chi connectivity index (χ1n) is 8.25. The molecule has 122 valence electrons. The summed E-state index contributed by atoms with van der Waals surface area (Å²) >= 11 is 2.07. The molecule has 2 saturated heterocycles. The van der Waals surface area contributed by atoms with Crippen LogP contribution in [-0.2, 0) is 11.3 Å². The summed E-state index contributed by atoms with van der Waals surface area (Å²) in [7, 11) is 2.21. The Morgan fingerprint density at radius 2 is 2.05 bits per heavy atom. The van der Waals surface area contributed by atoms with Gasteiger partial charge in [-0.25, -0.2) is 9.97 Å². The summed E-state index contributed by atoms with van der Waals surface area (Å²) in [4.78, 5) is 11.3. The number of thioether (sulfide) groups is 1. The van der Waals surface area contributed by atoms with Crippen molar-refractivity contribution in [1.29, 1.82) is 0 Å². The number of rotatable bonds is 6. The first-order chi connectivity index (χ1) is 10.8. The summed E-state index contributed by atoms with van der Waals surface area (Å²) in [6, 6.07) is 0.707. The molecule has 2 aliphatic heterocycles. The maximum atomic E-state index is 5.59. The van der Waals surface area contributed by atoms with Gasteiger partial charge in [-0.15, -0.1) is 0 Å². The van der Waals surface area contributed by atoms with Crippen molar-refractivity contribution in [3.63, 3.8) is 0 Å². The first-order valence-corrected chi connectivity index (χ1v) is 9.41. The number of hydrogen-bond acceptors (Lipinski definition) is 6. The number of hydrogen-bond donors (Lipinski definition) is 1. The van der Waals surface area contributed by atoms with Crippen LogP contribution in [0.25, 0.3) is 0 Å². The molecule has 22 heavy (non-hydrogen) atoms. The lowest BCUT2D eigenvalue weighted by atomic mass is 10.1. The Bertz CT molecular complexity index is 444. The molecular weight excluding hydrogens is 296 g/mol. The van der Waals surface area contributed by atoms with Crippen molar-refractivity contribution in [2.24, 2.45) is 0 Å². The van der Waals surface area contributed by atoms with E-state index in [9.17, 15) is 0 Å². The van der Waals surface area contributed by atoms with E-state index in [-0.39, 0.29) is 0 Å². The van der Waals surface area contributed by atoms with E-state index in [0.717, 1.165) is 32.5 Å². The highest BCUT2D eigenvalue weighted by Gasteiger charge is 2.18. The number of anilines is 1. The van der Waals surface area contributed by atoms with Gasteiger partial charge in [-0.05, 0) is 44.2 Å². The topological polar surface area (TPSA) is 50.3 Å². The summed E-state index contributed by atoms with van der Waals surface area (Å²) in [5, 5.41) is 3.27. The van der Waals surface area contributed by atoms with E-state index >= 15 is 0 Å². The fourth-order valence-corrected chi connectivity index (χ4v) is 4.16. The lowest BCUT2D eigenvalue weighted by molar-refractivity contribution is 0.120. The molecule has 0 aromatic carbocycles. The number of aromatic nitrogens is 2. The Morgan fingerprint density at radius 3 is 2.73 bits per heavy atom. The van der Waals surface area contributed by atoms with Crippen molar-refractivity contribution in [2.45, 2.75) is 44.4 Å². The lowest BCUT2D eigenvalue weighted by Crippen LogP contribution is -2.34. The molecule has 0 radical (unpaired) electrons. The Labute approximate surface area is 137 Å². The van der Waals surface area contributed by atoms with Crippen LogP contribution in [0.15, 0.2) is 12.4 Å². The highest BCUT2D eigenvalue weighted by atomic mass is 32.2. The van der Waals surface area contributed by atoms with Crippen LogP contribution in [-0.4, -0.2) is 58.7 Å². The minimum Gasteiger partial charge on any atom is -0.376 e. The third kappa shape index (κ3) is 4.57. The Morgan fingerprint density at radius 1 is 1.27 bits per heavy atom. The third-order valence-electron chi connectivity index (χ3n) is 4.46. The fourth-order valence-electron chi connectivity index (χ4n) is 3.08. The van der Waals surface area contributed by atoms with Crippen molar-refractivity contribution in [3.8, 4) is 0 Å². The van der Waals surface area contributed by atoms with Gasteiger partial charge in [0.25, 0.3) is 0 Å². The van der Waals surface area contributed by atoms with Gasteiger partial charge in [-0.2, -0.15) is 11.8 Å². The summed E-state index contributed by atoms with van der Waals surface area (Å²) in [6.07, 6.45) is 9.09. The van der Waals surface area contributed by atoms with Crippen LogP contribution in [0.3, 0.4) is 0 Å². The molecule has 0 aliphatic carbocycles. The predicted molar refractivity (Wildman–Crippen MR) is 91.3 cm³/mol. The molecule has 0 amide bonds. The van der Waals surface area contributed by atoms with Crippen molar-refractivity contribution in [2.75, 3.05) is 37.0 Å². The smallest absolute Gasteiger partial charge is 0.222 e. The van der Waals surface area contributed by atoms with E-state index in [1.54, 1.807) is 0 Å². The zero-order chi connectivity index (χ0) is 15.2. The molecule has 3 rings (SSSR count). The normalized spacial score (nSPS) is 23.1. The molecule has 5 nitrogen and oxygen atoms in total. The van der Waals surface area contributed by atoms with Gasteiger partial charge in [-0.1, -0.05) is 0 Å². The molecule has 2 aliphatic rings. The van der Waals surface area contributed by atoms with E-state index in [1.807, 2.05) is 12.4 Å². The largest absolute Gasteiger partial charge is 0.376 e. The Kier molecular flexibility index (Phi) is 5.92. The minimum atomic E-state index is 0.318. The highest BCUT2D eigenvalue weighted by molar-refractivity contribution is 7.99. The Hall–Kier alpha value is -0.850. The molecular formula is C16H26N4OS. The van der Waals surface area contributed by atoms with Gasteiger partial charge in [0.05, 0.1) is 6.10 Å². The first kappa shape index (κ1) is 16.0. The second-order valence-electron chi connectivity index (χ2n) is 6.19. The molecule has 6 heteroatoms. The van der Waals surface area contributed by atoms with Crippen LogP contribution < -0.4 is 5.32 Å². The van der Waals surface area contributed by atoms with Crippen LogP contribution >= 0.6 is 11.8 Å². The molecule has 1 aromatic rings. The molecule has 3 heterocycles. The number of nitrogens with one attached hydrogen (secondary N) is 1. The van der Waals surface area contributed by atoms with E-state index < -0.39 is 0 Å². The van der Waals surface area contributed by atoms with Crippen LogP contribution in [0.5, 0.6) is 0 Å². The minimum absolute atomic E-state index is 0.318. The van der Waals surface area contributed by atoms with Gasteiger partial charge < -0.3 is 10.1 Å². The van der Waals surface area contributed by atoms with Crippen molar-refractivity contribution in [3.05, 3.63) is 18.0 Å². The molecule has 0 saturated carbocycles. The van der Waals surface area contributed by atoms with Gasteiger partial charge in [0.15, 0.2) is 0 Å². The van der Waals surface area contributed by atoms with Gasteiger partial charge in [0.2, 0.25) is 5.95 Å². The van der Waals surface area contributed by atoms with Crippen LogP contribution in [0, 0.1) is 0 Å². The van der Waals surface area contributed by atoms with E-state index in [2.05, 4.69) is 39.0 Å². The van der Waals surface area contributed by atoms with Gasteiger partial charge in [0, 0.05) is 43.7 Å². The predicted octanol–water partition coefficient (Wildman–Crippen LogP) is 2.39. The SMILES string of the molecule is CN(Cc1cnc(NCC2CCCO2)nc1)C1CCSCC1. The average molecular weight is 322 g/mol. The molecule has 1 N–H and O–H groups in total. The van der Waals surface area contributed by atoms with Crippen LogP contribution in [0.4, 0.5) is 5.95 Å². The Balaban J connectivity index is 1.45. The van der Waals surface area contributed by atoms with Crippen molar-refractivity contribution in [1.82, 2.24) is 14.9 Å². The lowest BCUT2D eigenvalue weighted by Gasteiger charge is -2.30. The fraction of sp³-hybridized carbons (Fsp3) is 0.750. The zero-order valence-corrected chi connectivity index (χ0v) is 14.1. The summed E-state index contributed by atoms with van der Waals surface area (Å²) in [5.41, 5.74) is 1.18. The quantitative estimate of drug-likeness (QED) is 0.868. The van der Waals surface area contributed by atoms with Crippen molar-refractivity contribution >= 4 is 17.7 Å². The van der Waals surface area contributed by atoms with Gasteiger partial charge in [0.1, 0.15) is 0 Å². The van der Waals surface area contributed by atoms with Gasteiger partial charge in [-0.3, -0.25) is 4.90 Å². The number of ether oxygens (including phenoxy) is 1. The maximum Gasteiger partial charge on any atom is 0.222 e. The summed E-state index contributed by atoms with van der Waals surface area (Å²) in [5.74, 6) is 3.28. The zero-order valence-electron chi connectivity index (χ0n) is 13.3. The third-order valence-corrected chi connectivity index (χ3v) is 5.51. The van der Waals surface area contributed by atoms with Crippen LogP contribution in [0.2, 0.25) is 0 Å². The monoisotopic (exact) mass is 322 g/mol. The van der Waals surface area contributed by atoms with Crippen molar-refractivity contribution < 1.29 is 4.74 Å². The number of nitrogens with zero attached hydrogens (tertiary/aromatic N) is 3. The summed E-state index contributed by atoms with van der Waals surface area (Å²) < 4.78 is 5.59. The summed E-state index contributed by atoms with van der Waals surface area (Å²) in [6.45, 7) is 2.62. The molecule has 0 bridgehead atoms. The molecule has 1 atom stereocenters. The molecule has 1 unspecified atom stereocenters. The van der Waals surface area contributed by atoms with Crippen LogP contribution in [0.1, 0.15) is 31.2 Å². The standard InChI is InChI=1S/C16H26N4OS/c1-20(14-4-7-22-8-5-14)12-13-9-17-16(18-10-13)19-11-15-3-2-6-21-15/h9-10,14-15H,2-8,11-12H2,1H3,(H,17,18,19). The molecule has 1 aromatic heterocycles. The second-order valence-corrected chi connectivity index (χ2v) is 7.41. The molecule has 2 fully saturated rings. The maximum absolute atomic E-state index is 5.59. The van der Waals surface area contributed by atoms with Gasteiger partial charge >= 0.3 is 0 Å². The average Bonchev–Trinajstić information content (AvgIpc) is 3.08. The van der Waals surface area contributed by atoms with E-state index in [1.165, 1.54) is 29.9 Å². The second kappa shape index (κ2) is 8.13. The van der Waals surface area contributed by atoms with E-state index in [4.69, 9.17) is 4.74 Å². The highest BCUT2D eigenvalue weighted by Crippen LogP contribution is 2.22. The molecule has 0 spiro atoms.